The van der Waals surface area contributed by atoms with E-state index in [2.05, 4.69) is 130 Å². The van der Waals surface area contributed by atoms with Crippen LogP contribution in [0, 0.1) is 22.7 Å². The maximum absolute atomic E-state index is 10.8. The van der Waals surface area contributed by atoms with E-state index in [4.69, 9.17) is 0 Å². The second-order valence-electron chi connectivity index (χ2n) is 13.3. The van der Waals surface area contributed by atoms with Gasteiger partial charge in [0.1, 0.15) is 12.1 Å². The maximum Gasteiger partial charge on any atom is 0.330 e. The molecule has 0 fully saturated rings. The van der Waals surface area contributed by atoms with Crippen molar-refractivity contribution in [3.63, 3.8) is 0 Å². The van der Waals surface area contributed by atoms with Crippen molar-refractivity contribution in [3.05, 3.63) is 106 Å². The molecule has 5 heteroatoms. The topological polar surface area (TPSA) is 50.8 Å². The monoisotopic (exact) mass is 595 g/mol. The smallest absolute Gasteiger partial charge is 0.330 e. The second-order valence-corrected chi connectivity index (χ2v) is 16.8. The lowest BCUT2D eigenvalue weighted by atomic mass is 9.47. The molecule has 0 amide bonds. The van der Waals surface area contributed by atoms with E-state index >= 15 is 0 Å². The molecule has 0 aliphatic carbocycles. The number of rotatable bonds is 7. The number of nitriles is 2. The highest BCUT2D eigenvalue weighted by Gasteiger charge is 2.48. The van der Waals surface area contributed by atoms with Crippen molar-refractivity contribution in [2.45, 2.75) is 81.4 Å². The average molecular weight is 596 g/mol. The zero-order valence-electron chi connectivity index (χ0n) is 27.0. The van der Waals surface area contributed by atoms with Crippen molar-refractivity contribution in [2.24, 2.45) is 0 Å². The number of anilines is 2. The quantitative estimate of drug-likeness (QED) is 0.201. The molecule has 0 saturated heterocycles. The lowest BCUT2D eigenvalue weighted by Crippen LogP contribution is -2.60. The molecule has 0 radical (unpaired) electrons. The fraction of sp³-hybridized carbons (Fsp3) is 0.333. The van der Waals surface area contributed by atoms with Crippen LogP contribution in [0.25, 0.3) is 0 Å². The van der Waals surface area contributed by atoms with E-state index in [-0.39, 0.29) is 12.3 Å². The zero-order valence-corrected chi connectivity index (χ0v) is 27.8. The van der Waals surface area contributed by atoms with Crippen LogP contribution >= 0.6 is 10.0 Å². The second kappa shape index (κ2) is 11.5. The Labute approximate surface area is 266 Å². The summed E-state index contributed by atoms with van der Waals surface area (Å²) in [6, 6.07) is 31.9. The molecule has 0 unspecified atom stereocenters. The van der Waals surface area contributed by atoms with Crippen LogP contribution in [0.2, 0.25) is 0 Å². The number of fused-ring (bicyclic) bond motifs is 4. The molecular formula is C39H42BN3S. The van der Waals surface area contributed by atoms with Gasteiger partial charge in [-0.25, -0.2) is 0 Å². The van der Waals surface area contributed by atoms with E-state index < -0.39 is 10.0 Å². The van der Waals surface area contributed by atoms with Crippen LogP contribution in [0.3, 0.4) is 0 Å². The maximum atomic E-state index is 10.8. The SMILES string of the molecule is CCCCc1cc(C#N)c2c(c1)C(C)(C)c1cc(CCCC)cc(C#N)c1N2B1c2ccccc2S(C)(C)c2ccccc21. The highest BCUT2D eigenvalue weighted by atomic mass is 32.3. The van der Waals surface area contributed by atoms with Crippen LogP contribution in [-0.2, 0) is 18.3 Å². The molecule has 0 spiro atoms. The predicted octanol–water partition coefficient (Wildman–Crippen LogP) is 8.49. The van der Waals surface area contributed by atoms with E-state index in [9.17, 15) is 10.5 Å². The summed E-state index contributed by atoms with van der Waals surface area (Å²) >= 11 is 0. The van der Waals surface area contributed by atoms with E-state index in [1.54, 1.807) is 0 Å². The number of nitrogens with zero attached hydrogens (tertiary/aromatic N) is 3. The van der Waals surface area contributed by atoms with Gasteiger partial charge in [0.25, 0.3) is 0 Å². The molecule has 44 heavy (non-hydrogen) atoms. The molecule has 0 aromatic heterocycles. The lowest BCUT2D eigenvalue weighted by molar-refractivity contribution is 0.629. The number of unbranched alkanes of at least 4 members (excludes halogenated alkanes) is 2. The number of benzene rings is 4. The van der Waals surface area contributed by atoms with Gasteiger partial charge in [-0.05, 0) is 93.3 Å². The fourth-order valence-corrected chi connectivity index (χ4v) is 10.1. The van der Waals surface area contributed by atoms with Crippen molar-refractivity contribution in [2.75, 3.05) is 17.3 Å². The Bertz CT molecular complexity index is 1710. The largest absolute Gasteiger partial charge is 0.374 e. The van der Waals surface area contributed by atoms with Crippen molar-refractivity contribution in [1.29, 1.82) is 10.5 Å². The Morgan fingerprint density at radius 1 is 0.705 bits per heavy atom. The number of hydrogen-bond donors (Lipinski definition) is 0. The van der Waals surface area contributed by atoms with Crippen LogP contribution in [0.5, 0.6) is 0 Å². The Morgan fingerprint density at radius 3 is 1.55 bits per heavy atom. The van der Waals surface area contributed by atoms with Crippen LogP contribution in [-0.4, -0.2) is 19.4 Å². The van der Waals surface area contributed by atoms with Gasteiger partial charge in [-0.3, -0.25) is 0 Å². The summed E-state index contributed by atoms with van der Waals surface area (Å²) in [5, 5.41) is 21.6. The predicted molar refractivity (Wildman–Crippen MR) is 188 cm³/mol. The van der Waals surface area contributed by atoms with Gasteiger partial charge in [0.2, 0.25) is 0 Å². The van der Waals surface area contributed by atoms with Gasteiger partial charge in [0.05, 0.1) is 22.5 Å². The van der Waals surface area contributed by atoms with Gasteiger partial charge in [-0.2, -0.15) is 20.6 Å². The highest BCUT2D eigenvalue weighted by Crippen LogP contribution is 2.59. The summed E-state index contributed by atoms with van der Waals surface area (Å²) in [5.41, 5.74) is 10.2. The standard InChI is InChI=1S/C39H42BN3S/c1-7-9-15-27-21-29(25-41)37-31(23-27)39(3,4)32-24-28(16-10-8-2)22-30(26-42)38(32)43(37)40-33-17-11-13-19-35(33)44(5,6)36-20-14-12-18-34(36)40/h11-14,17-24H,7-10,15-16H2,1-6H3. The first-order valence-electron chi connectivity index (χ1n) is 16.0. The van der Waals surface area contributed by atoms with E-state index in [0.717, 1.165) is 49.9 Å². The van der Waals surface area contributed by atoms with E-state index in [0.29, 0.717) is 11.1 Å². The third kappa shape index (κ3) is 4.65. The minimum atomic E-state index is -1.27. The van der Waals surface area contributed by atoms with E-state index in [1.807, 2.05) is 0 Å². The third-order valence-corrected chi connectivity index (χ3v) is 12.8. The molecule has 0 N–H and O–H groups in total. The molecule has 222 valence electrons. The summed E-state index contributed by atoms with van der Waals surface area (Å²) in [4.78, 5) is 5.13. The summed E-state index contributed by atoms with van der Waals surface area (Å²) in [6.07, 6.45) is 11.1. The average Bonchev–Trinajstić information content (AvgIpc) is 3.03. The minimum Gasteiger partial charge on any atom is -0.374 e. The Balaban J connectivity index is 1.74. The molecule has 0 saturated carbocycles. The van der Waals surface area contributed by atoms with Gasteiger partial charge in [0.15, 0.2) is 0 Å². The van der Waals surface area contributed by atoms with Crippen LogP contribution in [0.15, 0.2) is 82.6 Å². The van der Waals surface area contributed by atoms with Crippen molar-refractivity contribution in [3.8, 4) is 12.1 Å². The molecule has 4 aromatic carbocycles. The molecular weight excluding hydrogens is 553 g/mol. The van der Waals surface area contributed by atoms with Gasteiger partial charge < -0.3 is 4.81 Å². The Hall–Kier alpha value is -3.93. The minimum absolute atomic E-state index is 0.168. The first-order valence-corrected chi connectivity index (χ1v) is 18.5. The Morgan fingerprint density at radius 2 is 1.14 bits per heavy atom. The van der Waals surface area contributed by atoms with Gasteiger partial charge >= 0.3 is 6.85 Å². The molecule has 3 nitrogen and oxygen atoms in total. The normalized spacial score (nSPS) is 16.1. The number of aryl methyl sites for hydroxylation is 2. The molecule has 0 atom stereocenters. The van der Waals surface area contributed by atoms with E-state index in [1.165, 1.54) is 43.0 Å². The van der Waals surface area contributed by atoms with Crippen molar-refractivity contribution < 1.29 is 0 Å². The number of hydrogen-bond acceptors (Lipinski definition) is 3. The molecule has 4 aromatic rings. The summed E-state index contributed by atoms with van der Waals surface area (Å²) in [5.74, 6) is 0. The molecule has 2 aliphatic heterocycles. The highest BCUT2D eigenvalue weighted by molar-refractivity contribution is 8.33. The molecule has 6 rings (SSSR count). The summed E-state index contributed by atoms with van der Waals surface area (Å²) in [7, 11) is -1.27. The molecule has 2 heterocycles. The first-order chi connectivity index (χ1) is 21.2. The van der Waals surface area contributed by atoms with Gasteiger partial charge in [0, 0.05) is 5.41 Å². The van der Waals surface area contributed by atoms with Crippen molar-refractivity contribution in [1.82, 2.24) is 0 Å². The van der Waals surface area contributed by atoms with Crippen LogP contribution in [0.4, 0.5) is 11.4 Å². The first kappa shape index (κ1) is 30.1. The Kier molecular flexibility index (Phi) is 7.90. The summed E-state index contributed by atoms with van der Waals surface area (Å²) in [6.45, 7) is 8.84. The molecule has 2 aliphatic rings. The van der Waals surface area contributed by atoms with Gasteiger partial charge in [-0.1, -0.05) is 101 Å². The van der Waals surface area contributed by atoms with Crippen LogP contribution in [0.1, 0.15) is 86.8 Å². The lowest BCUT2D eigenvalue weighted by Gasteiger charge is -2.50. The fourth-order valence-electron chi connectivity index (χ4n) is 7.50. The zero-order chi connectivity index (χ0) is 31.2. The van der Waals surface area contributed by atoms with Crippen LogP contribution < -0.4 is 15.7 Å². The van der Waals surface area contributed by atoms with Crippen molar-refractivity contribution >= 4 is 39.2 Å². The van der Waals surface area contributed by atoms with Gasteiger partial charge in [-0.15, -0.1) is 0 Å². The summed E-state index contributed by atoms with van der Waals surface area (Å²) < 4.78 is 0. The molecule has 0 bridgehead atoms. The third-order valence-electron chi connectivity index (χ3n) is 9.83.